The summed E-state index contributed by atoms with van der Waals surface area (Å²) < 4.78 is 10.6. The van der Waals surface area contributed by atoms with Crippen LogP contribution in [0.4, 0.5) is 0 Å². The molecule has 2 aliphatic heterocycles. The minimum absolute atomic E-state index is 0.163. The monoisotopic (exact) mass is 336 g/mol. The number of nitrogens with one attached hydrogen (secondary N) is 1. The lowest BCUT2D eigenvalue weighted by Gasteiger charge is -2.37. The maximum atomic E-state index is 12.7. The number of carbonyl (C=O) groups excluding carboxylic acids is 1. The zero-order valence-electron chi connectivity index (χ0n) is 13.7. The lowest BCUT2D eigenvalue weighted by molar-refractivity contribution is -0.153. The van der Waals surface area contributed by atoms with Gasteiger partial charge in [-0.15, -0.1) is 0 Å². The summed E-state index contributed by atoms with van der Waals surface area (Å²) in [6, 6.07) is 3.77. The Balaban J connectivity index is 1.60. The lowest BCUT2D eigenvalue weighted by atomic mass is 9.88. The van der Waals surface area contributed by atoms with Gasteiger partial charge in [0.15, 0.2) is 0 Å². The number of piperidine rings is 1. The summed E-state index contributed by atoms with van der Waals surface area (Å²) in [6.45, 7) is 2.94. The van der Waals surface area contributed by atoms with E-state index in [4.69, 9.17) is 9.15 Å². The van der Waals surface area contributed by atoms with Crippen LogP contribution >= 0.6 is 0 Å². The fourth-order valence-corrected chi connectivity index (χ4v) is 3.49. The summed E-state index contributed by atoms with van der Waals surface area (Å²) >= 11 is 0. The number of rotatable bonds is 5. The number of carboxylic acid groups (broad SMARTS) is 1. The van der Waals surface area contributed by atoms with Gasteiger partial charge in [0.1, 0.15) is 11.3 Å². The molecule has 7 nitrogen and oxygen atoms in total. The molecule has 1 aromatic rings. The van der Waals surface area contributed by atoms with Gasteiger partial charge in [0.2, 0.25) is 5.91 Å². The molecule has 3 heterocycles. The number of amides is 1. The van der Waals surface area contributed by atoms with E-state index in [1.165, 1.54) is 0 Å². The smallest absolute Gasteiger partial charge is 0.329 e. The van der Waals surface area contributed by atoms with E-state index in [-0.39, 0.29) is 11.8 Å². The molecule has 0 aliphatic carbocycles. The summed E-state index contributed by atoms with van der Waals surface area (Å²) in [5.41, 5.74) is -1.18. The number of hydrogen-bond acceptors (Lipinski definition) is 5. The third-order valence-corrected chi connectivity index (χ3v) is 4.95. The van der Waals surface area contributed by atoms with E-state index in [0.717, 1.165) is 25.1 Å². The predicted octanol–water partition coefficient (Wildman–Crippen LogP) is 1.24. The van der Waals surface area contributed by atoms with Crippen molar-refractivity contribution in [2.75, 3.05) is 26.3 Å². The maximum absolute atomic E-state index is 12.7. The summed E-state index contributed by atoms with van der Waals surface area (Å²) in [7, 11) is 0. The molecule has 0 spiro atoms. The molecule has 3 rings (SSSR count). The molecule has 0 unspecified atom stereocenters. The molecule has 7 heteroatoms. The van der Waals surface area contributed by atoms with Gasteiger partial charge in [-0.1, -0.05) is 0 Å². The Hall–Kier alpha value is -1.86. The van der Waals surface area contributed by atoms with Crippen molar-refractivity contribution < 1.29 is 23.8 Å². The quantitative estimate of drug-likeness (QED) is 0.840. The van der Waals surface area contributed by atoms with E-state index >= 15 is 0 Å². The molecule has 0 saturated carbocycles. The Morgan fingerprint density at radius 2 is 2.17 bits per heavy atom. The third-order valence-electron chi connectivity index (χ3n) is 4.95. The first-order valence-electron chi connectivity index (χ1n) is 8.47. The van der Waals surface area contributed by atoms with Crippen LogP contribution in [0.1, 0.15) is 31.4 Å². The molecule has 1 aromatic heterocycles. The van der Waals surface area contributed by atoms with Gasteiger partial charge in [0, 0.05) is 32.6 Å². The summed E-state index contributed by atoms with van der Waals surface area (Å²) in [6.07, 6.45) is 3.98. The van der Waals surface area contributed by atoms with Crippen molar-refractivity contribution >= 4 is 11.9 Å². The molecule has 0 aromatic carbocycles. The molecule has 24 heavy (non-hydrogen) atoms. The SMILES string of the molecule is O=C(NC1(C(=O)O)CCOCC1)[C@@H]1CCCN(Cc2ccco2)C1. The first kappa shape index (κ1) is 17.0. The molecule has 0 radical (unpaired) electrons. The number of carboxylic acids is 1. The largest absolute Gasteiger partial charge is 0.480 e. The fourth-order valence-electron chi connectivity index (χ4n) is 3.49. The van der Waals surface area contributed by atoms with Gasteiger partial charge < -0.3 is 19.6 Å². The molecule has 0 bridgehead atoms. The highest BCUT2D eigenvalue weighted by Crippen LogP contribution is 2.24. The van der Waals surface area contributed by atoms with Crippen molar-refractivity contribution in [2.24, 2.45) is 5.92 Å². The maximum Gasteiger partial charge on any atom is 0.329 e. The second-order valence-corrected chi connectivity index (χ2v) is 6.64. The topological polar surface area (TPSA) is 92.0 Å². The molecule has 2 saturated heterocycles. The summed E-state index contributed by atoms with van der Waals surface area (Å²) in [5, 5.41) is 12.4. The number of aliphatic carboxylic acids is 1. The fraction of sp³-hybridized carbons (Fsp3) is 0.647. The van der Waals surface area contributed by atoms with Crippen molar-refractivity contribution in [2.45, 2.75) is 37.8 Å². The molecule has 2 N–H and O–H groups in total. The second-order valence-electron chi connectivity index (χ2n) is 6.64. The van der Waals surface area contributed by atoms with E-state index in [1.807, 2.05) is 12.1 Å². The number of hydrogen-bond donors (Lipinski definition) is 2. The predicted molar refractivity (Wildman–Crippen MR) is 85.3 cm³/mol. The van der Waals surface area contributed by atoms with Crippen LogP contribution in [-0.2, 0) is 20.9 Å². The van der Waals surface area contributed by atoms with E-state index in [1.54, 1.807) is 6.26 Å². The molecule has 1 amide bonds. The van der Waals surface area contributed by atoms with Gasteiger partial charge in [0.25, 0.3) is 0 Å². The molecular formula is C17H24N2O5. The molecule has 1 atom stereocenters. The normalized spacial score (nSPS) is 24.4. The molecular weight excluding hydrogens is 312 g/mol. The average molecular weight is 336 g/mol. The average Bonchev–Trinajstić information content (AvgIpc) is 3.09. The van der Waals surface area contributed by atoms with Gasteiger partial charge in [-0.25, -0.2) is 4.79 Å². The Labute approximate surface area is 140 Å². The van der Waals surface area contributed by atoms with E-state index in [0.29, 0.717) is 39.1 Å². The molecule has 2 aliphatic rings. The lowest BCUT2D eigenvalue weighted by Crippen LogP contribution is -2.59. The summed E-state index contributed by atoms with van der Waals surface area (Å²) in [4.78, 5) is 26.5. The van der Waals surface area contributed by atoms with E-state index < -0.39 is 11.5 Å². The highest BCUT2D eigenvalue weighted by atomic mass is 16.5. The molecule has 2 fully saturated rings. The highest BCUT2D eigenvalue weighted by molar-refractivity contribution is 5.88. The van der Waals surface area contributed by atoms with Crippen LogP contribution in [0.15, 0.2) is 22.8 Å². The Kier molecular flexibility index (Phi) is 5.20. The number of nitrogens with zero attached hydrogens (tertiary/aromatic N) is 1. The summed E-state index contributed by atoms with van der Waals surface area (Å²) in [5.74, 6) is -0.443. The van der Waals surface area contributed by atoms with Crippen LogP contribution in [0.5, 0.6) is 0 Å². The third kappa shape index (κ3) is 3.79. The number of likely N-dealkylation sites (tertiary alicyclic amines) is 1. The van der Waals surface area contributed by atoms with Crippen LogP contribution in [0.3, 0.4) is 0 Å². The van der Waals surface area contributed by atoms with Crippen LogP contribution in [0, 0.1) is 5.92 Å². The van der Waals surface area contributed by atoms with Gasteiger partial charge in [-0.2, -0.15) is 0 Å². The van der Waals surface area contributed by atoms with Crippen molar-refractivity contribution in [1.29, 1.82) is 0 Å². The first-order valence-corrected chi connectivity index (χ1v) is 8.47. The standard InChI is InChI=1S/C17H24N2O5/c20-15(18-17(16(21)22)5-9-23-10-6-17)13-3-1-7-19(11-13)12-14-4-2-8-24-14/h2,4,8,13H,1,3,5-7,9-12H2,(H,18,20)(H,21,22)/t13-/m1/s1. The van der Waals surface area contributed by atoms with E-state index in [2.05, 4.69) is 10.2 Å². The van der Waals surface area contributed by atoms with Crippen LogP contribution < -0.4 is 5.32 Å². The minimum atomic E-state index is -1.18. The van der Waals surface area contributed by atoms with E-state index in [9.17, 15) is 14.7 Å². The highest BCUT2D eigenvalue weighted by Gasteiger charge is 2.43. The Bertz CT molecular complexity index is 566. The zero-order valence-corrected chi connectivity index (χ0v) is 13.7. The van der Waals surface area contributed by atoms with Gasteiger partial charge >= 0.3 is 5.97 Å². The van der Waals surface area contributed by atoms with Crippen molar-refractivity contribution in [1.82, 2.24) is 10.2 Å². The van der Waals surface area contributed by atoms with Crippen LogP contribution in [0.2, 0.25) is 0 Å². The van der Waals surface area contributed by atoms with Gasteiger partial charge in [-0.05, 0) is 31.5 Å². The Morgan fingerprint density at radius 1 is 1.38 bits per heavy atom. The van der Waals surface area contributed by atoms with Crippen LogP contribution in [0.25, 0.3) is 0 Å². The number of ether oxygens (including phenoxy) is 1. The van der Waals surface area contributed by atoms with Crippen molar-refractivity contribution in [3.05, 3.63) is 24.2 Å². The first-order chi connectivity index (χ1) is 11.6. The Morgan fingerprint density at radius 3 is 2.83 bits per heavy atom. The zero-order chi connectivity index (χ0) is 17.0. The number of carbonyl (C=O) groups is 2. The number of furan rings is 1. The second kappa shape index (κ2) is 7.36. The van der Waals surface area contributed by atoms with Crippen LogP contribution in [-0.4, -0.2) is 53.7 Å². The van der Waals surface area contributed by atoms with Crippen molar-refractivity contribution in [3.8, 4) is 0 Å². The van der Waals surface area contributed by atoms with Gasteiger partial charge in [0.05, 0.1) is 18.7 Å². The van der Waals surface area contributed by atoms with Gasteiger partial charge in [-0.3, -0.25) is 9.69 Å². The molecule has 132 valence electrons. The minimum Gasteiger partial charge on any atom is -0.480 e. The van der Waals surface area contributed by atoms with Crippen molar-refractivity contribution in [3.63, 3.8) is 0 Å².